The van der Waals surface area contributed by atoms with E-state index in [9.17, 15) is 4.79 Å². The maximum atomic E-state index is 11.4. The fourth-order valence-corrected chi connectivity index (χ4v) is 1.31. The lowest BCUT2D eigenvalue weighted by Crippen LogP contribution is -2.13. The van der Waals surface area contributed by atoms with Gasteiger partial charge in [-0.1, -0.05) is 0 Å². The fraction of sp³-hybridized carbons (Fsp3) is 0.455. The molecule has 1 heterocycles. The van der Waals surface area contributed by atoms with Gasteiger partial charge in [0, 0.05) is 26.4 Å². The fourth-order valence-electron chi connectivity index (χ4n) is 1.18. The summed E-state index contributed by atoms with van der Waals surface area (Å²) >= 11 is 5.51. The van der Waals surface area contributed by atoms with Crippen molar-refractivity contribution in [1.29, 1.82) is 0 Å². The number of nitrogens with one attached hydrogen (secondary N) is 1. The van der Waals surface area contributed by atoms with Crippen LogP contribution in [0.2, 0.25) is 0 Å². The molecule has 16 heavy (non-hydrogen) atoms. The second-order valence-corrected chi connectivity index (χ2v) is 4.02. The highest BCUT2D eigenvalue weighted by atomic mass is 35.5. The molecule has 0 unspecified atom stereocenters. The average molecular weight is 242 g/mol. The van der Waals surface area contributed by atoms with Crippen LogP contribution in [0.25, 0.3) is 0 Å². The van der Waals surface area contributed by atoms with E-state index in [-0.39, 0.29) is 5.91 Å². The number of anilines is 2. The lowest BCUT2D eigenvalue weighted by molar-refractivity contribution is -0.116. The number of amides is 1. The summed E-state index contributed by atoms with van der Waals surface area (Å²) in [6.07, 6.45) is 2.78. The van der Waals surface area contributed by atoms with Crippen molar-refractivity contribution in [3.63, 3.8) is 0 Å². The number of pyridine rings is 1. The van der Waals surface area contributed by atoms with Gasteiger partial charge in [-0.2, -0.15) is 0 Å². The third-order valence-corrected chi connectivity index (χ3v) is 2.29. The van der Waals surface area contributed by atoms with Gasteiger partial charge < -0.3 is 10.2 Å². The van der Waals surface area contributed by atoms with Crippen LogP contribution in [0.3, 0.4) is 0 Å². The van der Waals surface area contributed by atoms with Crippen molar-refractivity contribution in [2.24, 2.45) is 0 Å². The summed E-state index contributed by atoms with van der Waals surface area (Å²) in [4.78, 5) is 17.5. The molecule has 0 radical (unpaired) electrons. The topological polar surface area (TPSA) is 45.2 Å². The van der Waals surface area contributed by atoms with Crippen LogP contribution in [0.5, 0.6) is 0 Å². The van der Waals surface area contributed by atoms with E-state index in [1.807, 2.05) is 31.1 Å². The third-order valence-electron chi connectivity index (χ3n) is 2.03. The van der Waals surface area contributed by atoms with Gasteiger partial charge in [-0.25, -0.2) is 4.98 Å². The minimum absolute atomic E-state index is 0.0277. The van der Waals surface area contributed by atoms with Crippen LogP contribution >= 0.6 is 11.6 Å². The Morgan fingerprint density at radius 1 is 1.50 bits per heavy atom. The number of rotatable bonds is 5. The molecule has 5 heteroatoms. The summed E-state index contributed by atoms with van der Waals surface area (Å²) < 4.78 is 0. The van der Waals surface area contributed by atoms with Crippen molar-refractivity contribution in [2.45, 2.75) is 12.8 Å². The van der Waals surface area contributed by atoms with E-state index < -0.39 is 0 Å². The monoisotopic (exact) mass is 241 g/mol. The molecule has 0 aliphatic heterocycles. The minimum Gasteiger partial charge on any atom is -0.363 e. The molecule has 0 aromatic carbocycles. The SMILES string of the molecule is CN(C)c1ccc(NC(=O)CCCCl)cn1. The molecule has 0 bridgehead atoms. The van der Waals surface area contributed by atoms with Gasteiger partial charge in [-0.15, -0.1) is 11.6 Å². The predicted molar refractivity (Wildman–Crippen MR) is 67.1 cm³/mol. The molecule has 0 saturated carbocycles. The number of nitrogens with zero attached hydrogens (tertiary/aromatic N) is 2. The Bertz CT molecular complexity index is 338. The first-order valence-corrected chi connectivity index (χ1v) is 5.66. The van der Waals surface area contributed by atoms with Gasteiger partial charge in [-0.05, 0) is 18.6 Å². The summed E-state index contributed by atoms with van der Waals surface area (Å²) in [6.45, 7) is 0. The molecule has 88 valence electrons. The largest absolute Gasteiger partial charge is 0.363 e. The van der Waals surface area contributed by atoms with E-state index in [0.717, 1.165) is 5.82 Å². The van der Waals surface area contributed by atoms with Gasteiger partial charge in [-0.3, -0.25) is 4.79 Å². The normalized spacial score (nSPS) is 9.94. The number of halogens is 1. The molecule has 4 nitrogen and oxygen atoms in total. The van der Waals surface area contributed by atoms with Crippen LogP contribution in [-0.4, -0.2) is 30.9 Å². The molecular weight excluding hydrogens is 226 g/mol. The van der Waals surface area contributed by atoms with Crippen LogP contribution in [0, 0.1) is 0 Å². The highest BCUT2D eigenvalue weighted by Gasteiger charge is 2.02. The maximum absolute atomic E-state index is 11.4. The van der Waals surface area contributed by atoms with E-state index in [1.54, 1.807) is 6.20 Å². The molecule has 0 fully saturated rings. The quantitative estimate of drug-likeness (QED) is 0.803. The zero-order chi connectivity index (χ0) is 12.0. The van der Waals surface area contributed by atoms with Gasteiger partial charge in [0.2, 0.25) is 5.91 Å². The van der Waals surface area contributed by atoms with E-state index in [0.29, 0.717) is 24.4 Å². The number of carbonyl (C=O) groups excluding carboxylic acids is 1. The Morgan fingerprint density at radius 3 is 2.75 bits per heavy atom. The Labute approximate surface area is 101 Å². The second kappa shape index (κ2) is 6.33. The molecule has 1 aromatic heterocycles. The van der Waals surface area contributed by atoms with Crippen molar-refractivity contribution in [1.82, 2.24) is 4.98 Å². The van der Waals surface area contributed by atoms with Gasteiger partial charge in [0.15, 0.2) is 0 Å². The van der Waals surface area contributed by atoms with Crippen molar-refractivity contribution >= 4 is 29.0 Å². The lowest BCUT2D eigenvalue weighted by Gasteiger charge is -2.11. The zero-order valence-corrected chi connectivity index (χ0v) is 10.3. The molecule has 1 N–H and O–H groups in total. The molecule has 1 rings (SSSR count). The first-order valence-electron chi connectivity index (χ1n) is 5.12. The smallest absolute Gasteiger partial charge is 0.224 e. The summed E-state index contributed by atoms with van der Waals surface area (Å²) in [6, 6.07) is 3.69. The highest BCUT2D eigenvalue weighted by molar-refractivity contribution is 6.18. The molecule has 1 amide bonds. The highest BCUT2D eigenvalue weighted by Crippen LogP contribution is 2.12. The maximum Gasteiger partial charge on any atom is 0.224 e. The zero-order valence-electron chi connectivity index (χ0n) is 9.53. The van der Waals surface area contributed by atoms with E-state index in [1.165, 1.54) is 0 Å². The van der Waals surface area contributed by atoms with Crippen LogP contribution in [0.4, 0.5) is 11.5 Å². The van der Waals surface area contributed by atoms with Gasteiger partial charge in [0.25, 0.3) is 0 Å². The van der Waals surface area contributed by atoms with E-state index in [4.69, 9.17) is 11.6 Å². The van der Waals surface area contributed by atoms with Gasteiger partial charge in [0.1, 0.15) is 5.82 Å². The predicted octanol–water partition coefficient (Wildman–Crippen LogP) is 2.11. The summed E-state index contributed by atoms with van der Waals surface area (Å²) in [5, 5.41) is 2.76. The van der Waals surface area contributed by atoms with Crippen LogP contribution in [0.15, 0.2) is 18.3 Å². The Morgan fingerprint density at radius 2 is 2.25 bits per heavy atom. The van der Waals surface area contributed by atoms with Crippen LogP contribution in [-0.2, 0) is 4.79 Å². The van der Waals surface area contributed by atoms with Crippen molar-refractivity contribution in [2.75, 3.05) is 30.2 Å². The number of carbonyl (C=O) groups is 1. The van der Waals surface area contributed by atoms with Crippen molar-refractivity contribution < 1.29 is 4.79 Å². The number of alkyl halides is 1. The summed E-state index contributed by atoms with van der Waals surface area (Å²) in [5.74, 6) is 1.34. The average Bonchev–Trinajstić information content (AvgIpc) is 2.27. The molecule has 0 aliphatic carbocycles. The Kier molecular flexibility index (Phi) is 5.05. The molecule has 0 atom stereocenters. The number of aromatic nitrogens is 1. The molecular formula is C11H16ClN3O. The van der Waals surface area contributed by atoms with Crippen molar-refractivity contribution in [3.05, 3.63) is 18.3 Å². The van der Waals surface area contributed by atoms with Gasteiger partial charge in [0.05, 0.1) is 11.9 Å². The standard InChI is InChI=1S/C11H16ClN3O/c1-15(2)10-6-5-9(8-13-10)14-11(16)4-3-7-12/h5-6,8H,3-4,7H2,1-2H3,(H,14,16). The Balaban J connectivity index is 2.51. The number of hydrogen-bond acceptors (Lipinski definition) is 3. The van der Waals surface area contributed by atoms with Crippen LogP contribution in [0.1, 0.15) is 12.8 Å². The molecule has 0 spiro atoms. The van der Waals surface area contributed by atoms with E-state index >= 15 is 0 Å². The Hall–Kier alpha value is -1.29. The molecule has 0 aliphatic rings. The second-order valence-electron chi connectivity index (χ2n) is 3.64. The first kappa shape index (κ1) is 12.8. The third kappa shape index (κ3) is 4.06. The number of hydrogen-bond donors (Lipinski definition) is 1. The summed E-state index contributed by atoms with van der Waals surface area (Å²) in [5.41, 5.74) is 0.713. The van der Waals surface area contributed by atoms with E-state index in [2.05, 4.69) is 10.3 Å². The van der Waals surface area contributed by atoms with Gasteiger partial charge >= 0.3 is 0 Å². The molecule has 1 aromatic rings. The first-order chi connectivity index (χ1) is 7.63. The summed E-state index contributed by atoms with van der Waals surface area (Å²) in [7, 11) is 3.84. The molecule has 0 saturated heterocycles. The van der Waals surface area contributed by atoms with Crippen molar-refractivity contribution in [3.8, 4) is 0 Å². The van der Waals surface area contributed by atoms with Crippen LogP contribution < -0.4 is 10.2 Å². The minimum atomic E-state index is -0.0277. The lowest BCUT2D eigenvalue weighted by atomic mass is 10.3.